The van der Waals surface area contributed by atoms with Gasteiger partial charge in [-0.15, -0.1) is 0 Å². The van der Waals surface area contributed by atoms with Gasteiger partial charge in [-0.3, -0.25) is 0 Å². The van der Waals surface area contributed by atoms with Gasteiger partial charge >= 0.3 is 0 Å². The minimum absolute atomic E-state index is 0.100. The molecule has 0 aliphatic rings. The van der Waals surface area contributed by atoms with E-state index >= 15 is 0 Å². The highest BCUT2D eigenvalue weighted by Gasteiger charge is 2.18. The highest BCUT2D eigenvalue weighted by atomic mass is 79.9. The van der Waals surface area contributed by atoms with Crippen LogP contribution in [0.3, 0.4) is 0 Å². The van der Waals surface area contributed by atoms with Crippen LogP contribution in [0.5, 0.6) is 11.5 Å². The molecule has 0 spiro atoms. The van der Waals surface area contributed by atoms with Gasteiger partial charge in [0, 0.05) is 20.7 Å². The van der Waals surface area contributed by atoms with Gasteiger partial charge in [-0.2, -0.15) is 0 Å². The third-order valence-corrected chi connectivity index (χ3v) is 3.44. The minimum Gasteiger partial charge on any atom is -0.493 e. The molecule has 0 fully saturated rings. The lowest BCUT2D eigenvalue weighted by Gasteiger charge is -2.17. The third kappa shape index (κ3) is 4.66. The highest BCUT2D eigenvalue weighted by molar-refractivity contribution is 9.10. The van der Waals surface area contributed by atoms with E-state index in [2.05, 4.69) is 15.9 Å². The molecule has 4 nitrogen and oxygen atoms in total. The van der Waals surface area contributed by atoms with Gasteiger partial charge in [0.05, 0.1) is 19.0 Å². The summed E-state index contributed by atoms with van der Waals surface area (Å²) in [7, 11) is 3.12. The van der Waals surface area contributed by atoms with Crippen molar-refractivity contribution in [3.05, 3.63) is 22.2 Å². The van der Waals surface area contributed by atoms with Crippen LogP contribution in [0, 0.1) is 0 Å². The van der Waals surface area contributed by atoms with Crippen LogP contribution in [0.2, 0.25) is 0 Å². The van der Waals surface area contributed by atoms with E-state index in [0.717, 1.165) is 0 Å². The fourth-order valence-electron chi connectivity index (χ4n) is 1.44. The number of halogens is 2. The van der Waals surface area contributed by atoms with Crippen LogP contribution in [-0.4, -0.2) is 21.6 Å². The third-order valence-electron chi connectivity index (χ3n) is 2.00. The molecule has 18 heavy (non-hydrogen) atoms. The smallest absolute Gasteiger partial charge is 0.236 e. The number of hydrogen-bond acceptors (Lipinski definition) is 4. The topological polar surface area (TPSA) is 52.6 Å². The van der Waals surface area contributed by atoms with Gasteiger partial charge in [-0.25, -0.2) is 8.42 Å². The summed E-state index contributed by atoms with van der Waals surface area (Å²) < 4.78 is 33.9. The molecule has 0 heterocycles. The normalized spacial score (nSPS) is 11.7. The Bertz CT molecular complexity index is 528. The quantitative estimate of drug-likeness (QED) is 0.759. The van der Waals surface area contributed by atoms with Gasteiger partial charge in [-0.1, -0.05) is 15.9 Å². The van der Waals surface area contributed by atoms with Crippen LogP contribution in [0.15, 0.2) is 16.6 Å². The summed E-state index contributed by atoms with van der Waals surface area (Å²) in [5, 5.41) is 0. The lowest BCUT2D eigenvalue weighted by atomic mass is 10.2. The summed E-state index contributed by atoms with van der Waals surface area (Å²) >= 11 is 3.29. The molecule has 0 saturated carbocycles. The van der Waals surface area contributed by atoms with Gasteiger partial charge in [-0.05, 0) is 26.0 Å². The van der Waals surface area contributed by atoms with Crippen molar-refractivity contribution in [2.75, 3.05) is 7.11 Å². The van der Waals surface area contributed by atoms with E-state index in [4.69, 9.17) is 20.2 Å². The van der Waals surface area contributed by atoms with Gasteiger partial charge in [0.2, 0.25) is 9.05 Å². The average Bonchev–Trinajstić information content (AvgIpc) is 2.18. The van der Waals surface area contributed by atoms with Crippen molar-refractivity contribution in [2.24, 2.45) is 0 Å². The Balaban J connectivity index is 3.32. The number of hydrogen-bond donors (Lipinski definition) is 0. The average molecular weight is 358 g/mol. The molecule has 0 amide bonds. The summed E-state index contributed by atoms with van der Waals surface area (Å²) in [5.74, 6) is 0.556. The summed E-state index contributed by atoms with van der Waals surface area (Å²) in [6.07, 6.45) is -0.100. The standard InChI is InChI=1S/C11H14BrClO4S/c1-7(2)17-11-8(6-18(13,14)15)4-9(12)5-10(11)16-3/h4-5,7H,6H2,1-3H3. The Morgan fingerprint density at radius 1 is 1.39 bits per heavy atom. The summed E-state index contributed by atoms with van der Waals surface area (Å²) in [4.78, 5) is 0. The Labute approximate surface area is 120 Å². The fourth-order valence-corrected chi connectivity index (χ4v) is 2.86. The maximum Gasteiger partial charge on any atom is 0.236 e. The van der Waals surface area contributed by atoms with Crippen molar-refractivity contribution in [3.8, 4) is 11.5 Å². The van der Waals surface area contributed by atoms with E-state index in [9.17, 15) is 8.42 Å². The zero-order valence-corrected chi connectivity index (χ0v) is 13.4. The lowest BCUT2D eigenvalue weighted by Crippen LogP contribution is -2.10. The molecule has 1 rings (SSSR count). The second kappa shape index (κ2) is 6.12. The molecule has 0 radical (unpaired) electrons. The molecule has 0 atom stereocenters. The maximum atomic E-state index is 11.2. The van der Waals surface area contributed by atoms with Crippen LogP contribution >= 0.6 is 26.6 Å². The van der Waals surface area contributed by atoms with Crippen LogP contribution in [0.1, 0.15) is 19.4 Å². The van der Waals surface area contributed by atoms with Crippen LogP contribution in [0.4, 0.5) is 0 Å². The summed E-state index contributed by atoms with van der Waals surface area (Å²) in [6, 6.07) is 3.36. The van der Waals surface area contributed by atoms with Gasteiger partial charge < -0.3 is 9.47 Å². The van der Waals surface area contributed by atoms with E-state index in [1.165, 1.54) is 7.11 Å². The van der Waals surface area contributed by atoms with E-state index < -0.39 is 9.05 Å². The first-order valence-electron chi connectivity index (χ1n) is 5.18. The van der Waals surface area contributed by atoms with Gasteiger partial charge in [0.25, 0.3) is 0 Å². The van der Waals surface area contributed by atoms with Crippen molar-refractivity contribution in [2.45, 2.75) is 25.7 Å². The van der Waals surface area contributed by atoms with Crippen molar-refractivity contribution >= 4 is 35.7 Å². The van der Waals surface area contributed by atoms with E-state index in [0.29, 0.717) is 21.5 Å². The largest absolute Gasteiger partial charge is 0.493 e. The predicted molar refractivity (Wildman–Crippen MR) is 74.9 cm³/mol. The molecule has 0 aliphatic heterocycles. The molecule has 1 aromatic carbocycles. The molecule has 0 unspecified atom stereocenters. The SMILES string of the molecule is COc1cc(Br)cc(CS(=O)(=O)Cl)c1OC(C)C. The first-order valence-corrected chi connectivity index (χ1v) is 8.45. The molecule has 0 aliphatic carbocycles. The number of rotatable bonds is 5. The molecule has 102 valence electrons. The zero-order valence-electron chi connectivity index (χ0n) is 10.2. The van der Waals surface area contributed by atoms with E-state index in [-0.39, 0.29) is 11.9 Å². The second-order valence-corrected chi connectivity index (χ2v) is 7.64. The van der Waals surface area contributed by atoms with Crippen molar-refractivity contribution < 1.29 is 17.9 Å². The van der Waals surface area contributed by atoms with E-state index in [1.54, 1.807) is 12.1 Å². The number of methoxy groups -OCH3 is 1. The highest BCUT2D eigenvalue weighted by Crippen LogP contribution is 2.36. The Morgan fingerprint density at radius 2 is 2.00 bits per heavy atom. The molecular weight excluding hydrogens is 344 g/mol. The lowest BCUT2D eigenvalue weighted by molar-refractivity contribution is 0.228. The van der Waals surface area contributed by atoms with Crippen molar-refractivity contribution in [3.63, 3.8) is 0 Å². The Hall–Kier alpha value is -0.460. The molecule has 0 bridgehead atoms. The molecule has 0 aromatic heterocycles. The molecule has 0 saturated heterocycles. The molecule has 1 aromatic rings. The zero-order chi connectivity index (χ0) is 13.9. The summed E-state index contributed by atoms with van der Waals surface area (Å²) in [6.45, 7) is 3.70. The maximum absolute atomic E-state index is 11.2. The molecule has 7 heteroatoms. The fraction of sp³-hybridized carbons (Fsp3) is 0.455. The van der Waals surface area contributed by atoms with Crippen molar-refractivity contribution in [1.82, 2.24) is 0 Å². The number of ether oxygens (including phenoxy) is 2. The Kier molecular flexibility index (Phi) is 5.31. The van der Waals surface area contributed by atoms with Crippen LogP contribution < -0.4 is 9.47 Å². The number of benzene rings is 1. The van der Waals surface area contributed by atoms with Crippen LogP contribution in [-0.2, 0) is 14.8 Å². The van der Waals surface area contributed by atoms with Gasteiger partial charge in [0.15, 0.2) is 11.5 Å². The van der Waals surface area contributed by atoms with E-state index in [1.807, 2.05) is 13.8 Å². The predicted octanol–water partition coefficient (Wildman–Crippen LogP) is 3.31. The monoisotopic (exact) mass is 356 g/mol. The first kappa shape index (κ1) is 15.6. The van der Waals surface area contributed by atoms with Crippen molar-refractivity contribution in [1.29, 1.82) is 0 Å². The minimum atomic E-state index is -3.66. The molecule has 0 N–H and O–H groups in total. The first-order chi connectivity index (χ1) is 8.23. The van der Waals surface area contributed by atoms with Crippen LogP contribution in [0.25, 0.3) is 0 Å². The second-order valence-electron chi connectivity index (χ2n) is 3.95. The molecular formula is C11H14BrClO4S. The summed E-state index contributed by atoms with van der Waals surface area (Å²) in [5.41, 5.74) is 0.463. The Morgan fingerprint density at radius 3 is 2.44 bits per heavy atom. The van der Waals surface area contributed by atoms with Gasteiger partial charge in [0.1, 0.15) is 0 Å².